The van der Waals surface area contributed by atoms with Gasteiger partial charge in [0.25, 0.3) is 0 Å². The van der Waals surface area contributed by atoms with Crippen molar-refractivity contribution in [3.05, 3.63) is 48.6 Å². The molecule has 1 fully saturated rings. The predicted octanol–water partition coefficient (Wildman–Crippen LogP) is 16.6. The van der Waals surface area contributed by atoms with E-state index in [4.69, 9.17) is 23.7 Å². The summed E-state index contributed by atoms with van der Waals surface area (Å²) in [5.74, 6) is -3.12. The first-order valence-corrected chi connectivity index (χ1v) is 31.6. The number of aliphatic hydroxyl groups is 2. The normalized spacial score (nSPS) is 18.3. The summed E-state index contributed by atoms with van der Waals surface area (Å²) in [6.45, 7) is 5.97. The minimum absolute atomic E-state index is 0.0620. The van der Waals surface area contributed by atoms with Crippen molar-refractivity contribution in [1.82, 2.24) is 0 Å². The Morgan fingerprint density at radius 1 is 0.429 bits per heavy atom. The Labute approximate surface area is 469 Å². The van der Waals surface area contributed by atoms with E-state index >= 15 is 0 Å². The number of unbranched alkanes of at least 4 members (excludes halogenated alkanes) is 32. The largest absolute Gasteiger partial charge is 0.479 e. The molecule has 1 rings (SSSR count). The van der Waals surface area contributed by atoms with Crippen molar-refractivity contribution in [3.8, 4) is 0 Å². The Hall–Kier alpha value is -3.32. The van der Waals surface area contributed by atoms with Gasteiger partial charge >= 0.3 is 23.9 Å². The summed E-state index contributed by atoms with van der Waals surface area (Å²) in [7, 11) is 0. The van der Waals surface area contributed by atoms with Crippen LogP contribution in [0.2, 0.25) is 0 Å². The van der Waals surface area contributed by atoms with Gasteiger partial charge in [-0.3, -0.25) is 14.4 Å². The summed E-state index contributed by atoms with van der Waals surface area (Å²) >= 11 is 0. The van der Waals surface area contributed by atoms with Gasteiger partial charge in [0.2, 0.25) is 0 Å². The van der Waals surface area contributed by atoms with Crippen molar-refractivity contribution >= 4 is 23.9 Å². The highest BCUT2D eigenvalue weighted by Crippen LogP contribution is 2.27. The highest BCUT2D eigenvalue weighted by atomic mass is 16.7. The zero-order valence-electron chi connectivity index (χ0n) is 49.2. The molecule has 12 nitrogen and oxygen atoms in total. The van der Waals surface area contributed by atoms with Crippen molar-refractivity contribution < 1.29 is 58.2 Å². The molecule has 6 atom stereocenters. The summed E-state index contributed by atoms with van der Waals surface area (Å²) < 4.78 is 28.5. The third kappa shape index (κ3) is 43.2. The third-order valence-corrected chi connectivity index (χ3v) is 14.4. The molecular weight excluding hydrogens is 973 g/mol. The molecule has 6 unspecified atom stereocenters. The van der Waals surface area contributed by atoms with E-state index in [1.807, 2.05) is 0 Å². The Kier molecular flexibility index (Phi) is 49.7. The van der Waals surface area contributed by atoms with Gasteiger partial charge in [0.15, 0.2) is 24.6 Å². The van der Waals surface area contributed by atoms with Gasteiger partial charge in [0.05, 0.1) is 6.61 Å². The second-order valence-electron chi connectivity index (χ2n) is 21.7. The first-order valence-electron chi connectivity index (χ1n) is 31.6. The van der Waals surface area contributed by atoms with E-state index in [1.165, 1.54) is 116 Å². The van der Waals surface area contributed by atoms with Crippen LogP contribution in [0.3, 0.4) is 0 Å². The smallest absolute Gasteiger partial charge is 0.335 e. The minimum Gasteiger partial charge on any atom is -0.479 e. The lowest BCUT2D eigenvalue weighted by Crippen LogP contribution is -2.61. The van der Waals surface area contributed by atoms with E-state index in [2.05, 4.69) is 69.4 Å². The molecule has 1 heterocycles. The molecule has 0 aromatic rings. The second kappa shape index (κ2) is 53.3. The van der Waals surface area contributed by atoms with Gasteiger partial charge in [-0.25, -0.2) is 4.79 Å². The van der Waals surface area contributed by atoms with Crippen LogP contribution in [0, 0.1) is 0 Å². The molecule has 0 aromatic carbocycles. The fraction of sp³-hybridized carbons (Fsp3) is 0.815. The van der Waals surface area contributed by atoms with Crippen molar-refractivity contribution in [2.24, 2.45) is 0 Å². The van der Waals surface area contributed by atoms with Gasteiger partial charge in [-0.1, -0.05) is 236 Å². The fourth-order valence-corrected chi connectivity index (χ4v) is 9.49. The van der Waals surface area contributed by atoms with Crippen molar-refractivity contribution in [1.29, 1.82) is 0 Å². The van der Waals surface area contributed by atoms with Crippen LogP contribution >= 0.6 is 0 Å². The number of carbonyl (C=O) groups excluding carboxylic acids is 3. The maximum Gasteiger partial charge on any atom is 0.335 e. The molecule has 1 aliphatic heterocycles. The molecule has 0 amide bonds. The van der Waals surface area contributed by atoms with Gasteiger partial charge in [-0.2, -0.15) is 0 Å². The van der Waals surface area contributed by atoms with Crippen LogP contribution in [0.5, 0.6) is 0 Å². The number of carbonyl (C=O) groups is 4. The number of hydrogen-bond donors (Lipinski definition) is 3. The first kappa shape index (κ1) is 71.7. The summed E-state index contributed by atoms with van der Waals surface area (Å²) in [6, 6.07) is 0. The maximum absolute atomic E-state index is 13.2. The number of esters is 3. The zero-order valence-corrected chi connectivity index (χ0v) is 49.2. The van der Waals surface area contributed by atoms with E-state index < -0.39 is 67.3 Å². The van der Waals surface area contributed by atoms with Crippen molar-refractivity contribution in [2.45, 2.75) is 327 Å². The number of aliphatic hydroxyl groups excluding tert-OH is 2. The molecule has 0 radical (unpaired) electrons. The molecule has 446 valence electrons. The van der Waals surface area contributed by atoms with E-state index in [0.717, 1.165) is 116 Å². The Bertz CT molecular complexity index is 1520. The van der Waals surface area contributed by atoms with Crippen LogP contribution in [0.15, 0.2) is 48.6 Å². The lowest BCUT2D eigenvalue weighted by molar-refractivity contribution is -0.301. The van der Waals surface area contributed by atoms with Gasteiger partial charge in [-0.05, 0) is 83.5 Å². The zero-order chi connectivity index (χ0) is 56.1. The highest BCUT2D eigenvalue weighted by Gasteiger charge is 2.50. The minimum atomic E-state index is -1.90. The number of carboxylic acids is 1. The van der Waals surface area contributed by atoms with Crippen molar-refractivity contribution in [2.75, 3.05) is 13.2 Å². The Balaban J connectivity index is 2.67. The molecule has 0 bridgehead atoms. The summed E-state index contributed by atoms with van der Waals surface area (Å²) in [5.41, 5.74) is 0. The lowest BCUT2D eigenvalue weighted by atomic mass is 9.98. The number of hydrogen-bond acceptors (Lipinski definition) is 11. The average molecular weight is 1090 g/mol. The van der Waals surface area contributed by atoms with Gasteiger partial charge in [-0.15, -0.1) is 0 Å². The first-order chi connectivity index (χ1) is 37.6. The van der Waals surface area contributed by atoms with Crippen LogP contribution in [0.4, 0.5) is 0 Å². The number of allylic oxidation sites excluding steroid dienone is 8. The summed E-state index contributed by atoms with van der Waals surface area (Å²) in [4.78, 5) is 51.2. The van der Waals surface area contributed by atoms with E-state index in [9.17, 15) is 34.5 Å². The fourth-order valence-electron chi connectivity index (χ4n) is 9.49. The molecule has 1 aliphatic rings. The quantitative estimate of drug-likeness (QED) is 0.0228. The SMILES string of the molecule is CCCCC/C=C\C/C=C\C/C=C\CCCCCCCCC(=O)OCC(COC1OC(C(=O)O)C(O)C(O)C1OC(=O)CCCCCCCCCCCCCCC)OC(=O)CCCCCCC/C=C\CCCCCCCC. The van der Waals surface area contributed by atoms with Gasteiger partial charge in [0, 0.05) is 19.3 Å². The third-order valence-electron chi connectivity index (χ3n) is 14.4. The van der Waals surface area contributed by atoms with Crippen molar-refractivity contribution in [3.63, 3.8) is 0 Å². The standard InChI is InChI=1S/C65H114O12/c1-4-7-10-13-16-19-22-25-27-28-29-30-32-34-36-39-42-45-48-51-57(66)73-54-56(75-58(67)52-49-46-43-40-38-35-31-26-23-20-17-14-11-8-5-2)55-74-65-63(61(70)60(69)62(77-65)64(71)72)76-59(68)53-50-47-44-41-37-33-24-21-18-15-12-9-6-3/h16,19,25-27,29-31,56,60-63,65,69-70H,4-15,17-18,20-24,28,32-55H2,1-3H3,(H,71,72)/b19-16-,27-25-,30-29-,31-26-. The maximum atomic E-state index is 13.2. The van der Waals surface area contributed by atoms with E-state index in [-0.39, 0.29) is 25.9 Å². The summed E-state index contributed by atoms with van der Waals surface area (Å²) in [6.07, 6.45) is 52.1. The molecule has 1 saturated heterocycles. The van der Waals surface area contributed by atoms with Gasteiger partial charge in [0.1, 0.15) is 18.8 Å². The molecule has 0 spiro atoms. The van der Waals surface area contributed by atoms with E-state index in [1.54, 1.807) is 0 Å². The lowest BCUT2D eigenvalue weighted by Gasteiger charge is -2.40. The molecule has 0 saturated carbocycles. The molecule has 12 heteroatoms. The molecule has 3 N–H and O–H groups in total. The predicted molar refractivity (Wildman–Crippen MR) is 312 cm³/mol. The number of carboxylic acid groups (broad SMARTS) is 1. The molecule has 77 heavy (non-hydrogen) atoms. The van der Waals surface area contributed by atoms with Crippen LogP contribution < -0.4 is 0 Å². The molecular formula is C65H114O12. The number of rotatable bonds is 54. The summed E-state index contributed by atoms with van der Waals surface area (Å²) in [5, 5.41) is 31.5. The molecule has 0 aromatic heterocycles. The van der Waals surface area contributed by atoms with Crippen LogP contribution in [-0.2, 0) is 42.9 Å². The Morgan fingerprint density at radius 2 is 0.779 bits per heavy atom. The average Bonchev–Trinajstić information content (AvgIpc) is 3.42. The highest BCUT2D eigenvalue weighted by molar-refractivity contribution is 5.74. The van der Waals surface area contributed by atoms with Crippen LogP contribution in [0.25, 0.3) is 0 Å². The number of ether oxygens (including phenoxy) is 5. The van der Waals surface area contributed by atoms with E-state index in [0.29, 0.717) is 19.3 Å². The Morgan fingerprint density at radius 3 is 1.22 bits per heavy atom. The van der Waals surface area contributed by atoms with Gasteiger partial charge < -0.3 is 39.0 Å². The topological polar surface area (TPSA) is 175 Å². The molecule has 0 aliphatic carbocycles. The second-order valence-corrected chi connectivity index (χ2v) is 21.7. The number of aliphatic carboxylic acids is 1. The van der Waals surface area contributed by atoms with Crippen LogP contribution in [-0.4, -0.2) is 89.2 Å². The van der Waals surface area contributed by atoms with Crippen LogP contribution in [0.1, 0.15) is 290 Å². The monoisotopic (exact) mass is 1090 g/mol.